The minimum absolute atomic E-state index is 0.0504. The quantitative estimate of drug-likeness (QED) is 0.156. The van der Waals surface area contributed by atoms with Gasteiger partial charge in [-0.2, -0.15) is 5.26 Å². The highest BCUT2D eigenvalue weighted by molar-refractivity contribution is 6.19. The average Bonchev–Trinajstić information content (AvgIpc) is 0.706. The molecule has 98 heavy (non-hydrogen) atoms. The van der Waals surface area contributed by atoms with Crippen LogP contribution < -0.4 is 9.47 Å². The Hall–Kier alpha value is -12.9. The normalized spacial score (nSPS) is 13.3. The van der Waals surface area contributed by atoms with E-state index in [2.05, 4.69) is 273 Å². The summed E-state index contributed by atoms with van der Waals surface area (Å²) in [5.41, 5.74) is 15.1. The van der Waals surface area contributed by atoms with E-state index in [1.54, 1.807) is 0 Å². The van der Waals surface area contributed by atoms with Gasteiger partial charge in [-0.1, -0.05) is 334 Å². The summed E-state index contributed by atoms with van der Waals surface area (Å²) in [4.78, 5) is 0. The molecule has 0 spiro atoms. The molecule has 18 aromatic rings. The fourth-order valence-corrected chi connectivity index (χ4v) is 15.8. The maximum absolute atomic E-state index is 9.18. The van der Waals surface area contributed by atoms with Crippen molar-refractivity contribution in [1.29, 1.82) is 5.26 Å². The topological polar surface area (TPSA) is 42.2 Å². The summed E-state index contributed by atoms with van der Waals surface area (Å²) in [7, 11) is 0. The zero-order valence-corrected chi connectivity index (χ0v) is 52.9. The Morgan fingerprint density at radius 2 is 0.429 bits per heavy atom. The monoisotopic (exact) mass is 1250 g/mol. The molecule has 0 N–H and O–H groups in total. The number of hydrogen-bond donors (Lipinski definition) is 0. The van der Waals surface area contributed by atoms with E-state index in [1.165, 1.54) is 76.1 Å². The SMILES string of the molecule is N#Cc1ccc(-c2ccc(-c3ccc(C4c5c(c6ccccc6c6ccccc56)Oc5c4c4ccccc4c4ccccc54)cc3)cc2)cc1.[2H]c1c([2H])c([2H])c(-c2ccc(-c3ccc(C4c5c(c6ccccc6c6ccccc56)Oc5c4c4ccccc4c4ccccc54)cc3)cc2)c([2H])c1[2H]. The van der Waals surface area contributed by atoms with Gasteiger partial charge < -0.3 is 9.47 Å². The Kier molecular flexibility index (Phi) is 12.2. The maximum atomic E-state index is 9.18. The smallest absolute Gasteiger partial charge is 0.140 e. The molecule has 18 aromatic carbocycles. The van der Waals surface area contributed by atoms with Gasteiger partial charge in [0.05, 0.1) is 18.5 Å². The number of ether oxygens (including phenoxy) is 2. The summed E-state index contributed by atoms with van der Waals surface area (Å²) in [5, 5.41) is 28.0. The molecule has 0 bridgehead atoms. The van der Waals surface area contributed by atoms with Crippen molar-refractivity contribution < 1.29 is 16.3 Å². The Morgan fingerprint density at radius 3 is 0.684 bits per heavy atom. The molecule has 0 aromatic heterocycles. The minimum Gasteiger partial charge on any atom is -0.455 e. The molecule has 0 amide bonds. The second kappa shape index (κ2) is 23.3. The third kappa shape index (κ3) is 9.18. The molecular weight excluding hydrogens is 1190 g/mol. The predicted octanol–water partition coefficient (Wildman–Crippen LogP) is 25.7. The second-order valence-corrected chi connectivity index (χ2v) is 25.5. The van der Waals surface area contributed by atoms with Crippen LogP contribution in [0.5, 0.6) is 23.0 Å². The van der Waals surface area contributed by atoms with Gasteiger partial charge in [-0.25, -0.2) is 0 Å². The number of nitrogens with zero attached hydrogens (tertiary/aromatic N) is 1. The van der Waals surface area contributed by atoms with Crippen LogP contribution in [0.1, 0.15) is 57.6 Å². The summed E-state index contributed by atoms with van der Waals surface area (Å²) in [6.45, 7) is 0. The molecule has 0 unspecified atom stereocenters. The minimum atomic E-state index is -0.391. The van der Waals surface area contributed by atoms with Crippen LogP contribution in [0.2, 0.25) is 0 Å². The Bertz CT molecular complexity index is 6330. The first-order valence-electron chi connectivity index (χ1n) is 35.7. The second-order valence-electron chi connectivity index (χ2n) is 25.5. The van der Waals surface area contributed by atoms with Crippen molar-refractivity contribution in [1.82, 2.24) is 0 Å². The first kappa shape index (κ1) is 51.5. The molecule has 0 aliphatic carbocycles. The lowest BCUT2D eigenvalue weighted by molar-refractivity contribution is 0.467. The molecule has 0 saturated carbocycles. The van der Waals surface area contributed by atoms with Crippen molar-refractivity contribution >= 4 is 86.2 Å². The maximum Gasteiger partial charge on any atom is 0.140 e. The Labute approximate surface area is 574 Å². The van der Waals surface area contributed by atoms with E-state index in [9.17, 15) is 5.26 Å². The van der Waals surface area contributed by atoms with E-state index in [0.29, 0.717) is 11.1 Å². The van der Waals surface area contributed by atoms with E-state index in [1.807, 2.05) is 48.5 Å². The van der Waals surface area contributed by atoms with Crippen molar-refractivity contribution in [2.45, 2.75) is 11.8 Å². The number of hydrogen-bond acceptors (Lipinski definition) is 3. The third-order valence-electron chi connectivity index (χ3n) is 20.3. The number of fused-ring (bicyclic) bond motifs is 24. The molecular formula is C95H59NO2. The van der Waals surface area contributed by atoms with Gasteiger partial charge >= 0.3 is 0 Å². The van der Waals surface area contributed by atoms with Crippen molar-refractivity contribution in [2.24, 2.45) is 0 Å². The molecule has 0 radical (unpaired) electrons. The van der Waals surface area contributed by atoms with E-state index in [4.69, 9.17) is 16.3 Å². The van der Waals surface area contributed by atoms with Crippen molar-refractivity contribution in [3.05, 3.63) is 385 Å². The van der Waals surface area contributed by atoms with Gasteiger partial charge in [0.1, 0.15) is 23.0 Å². The molecule has 20 rings (SSSR count). The summed E-state index contributed by atoms with van der Waals surface area (Å²) in [6.07, 6.45) is 0. The van der Waals surface area contributed by atoms with Crippen LogP contribution in [0.4, 0.5) is 0 Å². The Balaban J connectivity index is 0.000000142. The number of rotatable bonds is 6. The van der Waals surface area contributed by atoms with Gasteiger partial charge in [0.25, 0.3) is 0 Å². The Morgan fingerprint density at radius 1 is 0.224 bits per heavy atom. The highest BCUT2D eigenvalue weighted by Crippen LogP contribution is 2.59. The molecule has 0 saturated heterocycles. The molecule has 0 fully saturated rings. The van der Waals surface area contributed by atoms with Gasteiger partial charge in [-0.3, -0.25) is 0 Å². The molecule has 2 heterocycles. The van der Waals surface area contributed by atoms with E-state index < -0.39 is 6.04 Å². The summed E-state index contributed by atoms with van der Waals surface area (Å²) in [5.74, 6) is 3.50. The number of benzene rings is 18. The first-order valence-corrected chi connectivity index (χ1v) is 33.2. The summed E-state index contributed by atoms with van der Waals surface area (Å²) >= 11 is 0. The van der Waals surface area contributed by atoms with Crippen LogP contribution in [0, 0.1) is 11.3 Å². The highest BCUT2D eigenvalue weighted by atomic mass is 16.5. The van der Waals surface area contributed by atoms with Crippen LogP contribution in [0.15, 0.2) is 346 Å². The molecule has 456 valence electrons. The summed E-state index contributed by atoms with van der Waals surface area (Å²) in [6, 6.07) is 112. The van der Waals surface area contributed by atoms with E-state index >= 15 is 0 Å². The molecule has 2 aliphatic rings. The predicted molar refractivity (Wildman–Crippen MR) is 407 cm³/mol. The zero-order chi connectivity index (χ0) is 69.1. The molecule has 0 atom stereocenters. The number of nitriles is 1. The van der Waals surface area contributed by atoms with Crippen LogP contribution >= 0.6 is 0 Å². The van der Waals surface area contributed by atoms with Crippen LogP contribution in [0.3, 0.4) is 0 Å². The summed E-state index contributed by atoms with van der Waals surface area (Å²) < 4.78 is 55.4. The van der Waals surface area contributed by atoms with Crippen molar-refractivity contribution in [3.63, 3.8) is 0 Å². The molecule has 2 aliphatic heterocycles. The van der Waals surface area contributed by atoms with E-state index in [-0.39, 0.29) is 41.6 Å². The average molecular weight is 1250 g/mol. The lowest BCUT2D eigenvalue weighted by atomic mass is 9.76. The molecule has 3 nitrogen and oxygen atoms in total. The largest absolute Gasteiger partial charge is 0.455 e. The van der Waals surface area contributed by atoms with E-state index in [0.717, 1.165) is 99.8 Å². The van der Waals surface area contributed by atoms with Crippen molar-refractivity contribution in [2.75, 3.05) is 0 Å². The van der Waals surface area contributed by atoms with Gasteiger partial charge in [0, 0.05) is 55.6 Å². The highest BCUT2D eigenvalue weighted by Gasteiger charge is 2.37. The first-order chi connectivity index (χ1) is 50.7. The van der Waals surface area contributed by atoms with Gasteiger partial charge in [-0.15, -0.1) is 0 Å². The van der Waals surface area contributed by atoms with Crippen LogP contribution in [0.25, 0.3) is 131 Å². The third-order valence-corrected chi connectivity index (χ3v) is 20.3. The van der Waals surface area contributed by atoms with Crippen LogP contribution in [-0.4, -0.2) is 0 Å². The fourth-order valence-electron chi connectivity index (χ4n) is 15.8. The van der Waals surface area contributed by atoms with Gasteiger partial charge in [0.2, 0.25) is 0 Å². The van der Waals surface area contributed by atoms with Gasteiger partial charge in [-0.05, 0) is 132 Å². The zero-order valence-electron chi connectivity index (χ0n) is 57.9. The lowest BCUT2D eigenvalue weighted by Gasteiger charge is -2.33. The molecule has 3 heteroatoms. The van der Waals surface area contributed by atoms with Gasteiger partial charge in [0.15, 0.2) is 0 Å². The fraction of sp³-hybridized carbons (Fsp3) is 0.0211. The standard InChI is InChI=1S/C48H29NO.C47H30O/c49-29-30-17-19-31(20-18-30)32-21-23-33(24-22-32)34-25-27-35(28-26-34)44-45-40-13-5-1-9-36(40)38-11-3-7-15-42(38)47(45)50-48-43-16-8-4-12-39(43)37-10-2-6-14-41(37)46(44)48;1-2-12-30(13-3-1)31-22-24-32(25-23-31)33-26-28-34(29-27-33)43-44-39-18-8-4-14-35(39)37-16-6-10-20-41(37)46(44)48-47-42-21-11-7-17-38(42)36-15-5-9-19-40(36)45(43)47/h1-28,44H;1-29,43H/i;1D,2D,3D,12D,13D. The van der Waals surface area contributed by atoms with Crippen molar-refractivity contribution in [3.8, 4) is 73.6 Å². The van der Waals surface area contributed by atoms with Crippen LogP contribution in [-0.2, 0) is 0 Å². The lowest BCUT2D eigenvalue weighted by Crippen LogP contribution is -2.14.